The highest BCUT2D eigenvalue weighted by molar-refractivity contribution is 6.62. The molecule has 1 fully saturated rings. The maximum atomic E-state index is 11.5. The number of esters is 1. The van der Waals surface area contributed by atoms with Crippen LogP contribution in [0.3, 0.4) is 0 Å². The molecule has 3 rings (SSSR count). The van der Waals surface area contributed by atoms with Crippen molar-refractivity contribution in [1.82, 2.24) is 4.98 Å². The Morgan fingerprint density at radius 2 is 1.79 bits per heavy atom. The van der Waals surface area contributed by atoms with Crippen molar-refractivity contribution in [2.45, 2.75) is 45.5 Å². The van der Waals surface area contributed by atoms with E-state index >= 15 is 0 Å². The molecule has 0 bridgehead atoms. The maximum Gasteiger partial charge on any atom is 0.496 e. The van der Waals surface area contributed by atoms with Crippen LogP contribution in [0.4, 0.5) is 0 Å². The highest BCUT2D eigenvalue weighted by Crippen LogP contribution is 2.37. The van der Waals surface area contributed by atoms with Gasteiger partial charge in [-0.25, -0.2) is 4.79 Å². The molecule has 0 spiro atoms. The van der Waals surface area contributed by atoms with Crippen LogP contribution in [-0.4, -0.2) is 29.3 Å². The quantitative estimate of drug-likeness (QED) is 0.558. The second kappa shape index (κ2) is 3.80. The van der Waals surface area contributed by atoms with Crippen molar-refractivity contribution in [3.8, 4) is 0 Å². The Kier molecular flexibility index (Phi) is 2.53. The first-order valence-electron chi connectivity index (χ1n) is 6.31. The molecule has 0 saturated carbocycles. The summed E-state index contributed by atoms with van der Waals surface area (Å²) in [6.07, 6.45) is 3.21. The van der Waals surface area contributed by atoms with Gasteiger partial charge in [0.1, 0.15) is 6.61 Å². The minimum absolute atomic E-state index is 0.260. The minimum atomic E-state index is -0.512. The Bertz CT molecular complexity index is 540. The molecule has 0 aliphatic carbocycles. The molecule has 0 amide bonds. The second-order valence-electron chi connectivity index (χ2n) is 5.92. The van der Waals surface area contributed by atoms with E-state index in [-0.39, 0.29) is 12.6 Å². The number of hydrogen-bond donors (Lipinski definition) is 0. The Balaban J connectivity index is 2.00. The molecule has 100 valence electrons. The van der Waals surface area contributed by atoms with Gasteiger partial charge in [-0.3, -0.25) is 4.98 Å². The lowest BCUT2D eigenvalue weighted by atomic mass is 9.76. The third kappa shape index (κ3) is 1.78. The van der Waals surface area contributed by atoms with E-state index < -0.39 is 18.3 Å². The lowest BCUT2D eigenvalue weighted by Gasteiger charge is -2.32. The molecule has 1 saturated heterocycles. The molecule has 2 aliphatic rings. The summed E-state index contributed by atoms with van der Waals surface area (Å²) in [5.41, 5.74) is 1.28. The molecule has 19 heavy (non-hydrogen) atoms. The number of carbonyl (C=O) groups excluding carboxylic acids is 1. The zero-order valence-electron chi connectivity index (χ0n) is 11.5. The Morgan fingerprint density at radius 1 is 1.16 bits per heavy atom. The van der Waals surface area contributed by atoms with Crippen LogP contribution in [0.25, 0.3) is 0 Å². The normalized spacial score (nSPS) is 23.4. The summed E-state index contributed by atoms with van der Waals surface area (Å²) in [6.45, 7) is 8.23. The average molecular weight is 261 g/mol. The second-order valence-corrected chi connectivity index (χ2v) is 5.92. The number of fused-ring (bicyclic) bond motifs is 1. The SMILES string of the molecule is CC1(C)OB(c2cncc3c2COC3=O)OC1(C)C. The molecule has 0 atom stereocenters. The molecule has 6 heteroatoms. The average Bonchev–Trinajstić information content (AvgIpc) is 2.78. The van der Waals surface area contributed by atoms with Crippen LogP contribution in [0.1, 0.15) is 43.6 Å². The number of pyridine rings is 1. The van der Waals surface area contributed by atoms with Gasteiger partial charge in [-0.05, 0) is 27.7 Å². The first-order chi connectivity index (χ1) is 8.82. The van der Waals surface area contributed by atoms with Crippen LogP contribution in [0.2, 0.25) is 0 Å². The first kappa shape index (κ1) is 12.6. The van der Waals surface area contributed by atoms with Gasteiger partial charge in [0.25, 0.3) is 0 Å². The first-order valence-corrected chi connectivity index (χ1v) is 6.31. The minimum Gasteiger partial charge on any atom is -0.457 e. The van der Waals surface area contributed by atoms with Crippen molar-refractivity contribution >= 4 is 18.6 Å². The van der Waals surface area contributed by atoms with Gasteiger partial charge < -0.3 is 14.0 Å². The third-order valence-electron chi connectivity index (χ3n) is 4.17. The lowest BCUT2D eigenvalue weighted by molar-refractivity contribution is 0.00578. The predicted molar refractivity (Wildman–Crippen MR) is 69.1 cm³/mol. The van der Waals surface area contributed by atoms with Crippen LogP contribution in [0.15, 0.2) is 12.4 Å². The van der Waals surface area contributed by atoms with Crippen LogP contribution >= 0.6 is 0 Å². The Labute approximate surface area is 112 Å². The number of hydrogen-bond acceptors (Lipinski definition) is 5. The van der Waals surface area contributed by atoms with Crippen molar-refractivity contribution in [3.05, 3.63) is 23.5 Å². The van der Waals surface area contributed by atoms with Crippen LogP contribution in [-0.2, 0) is 20.7 Å². The van der Waals surface area contributed by atoms with Crippen LogP contribution in [0.5, 0.6) is 0 Å². The highest BCUT2D eigenvalue weighted by Gasteiger charge is 2.52. The van der Waals surface area contributed by atoms with Gasteiger partial charge in [0.15, 0.2) is 0 Å². The van der Waals surface area contributed by atoms with Gasteiger partial charge in [-0.2, -0.15) is 0 Å². The molecule has 0 aromatic carbocycles. The third-order valence-corrected chi connectivity index (χ3v) is 4.17. The summed E-state index contributed by atoms with van der Waals surface area (Å²) in [5.74, 6) is -0.333. The van der Waals surface area contributed by atoms with Crippen molar-refractivity contribution in [2.75, 3.05) is 0 Å². The maximum absolute atomic E-state index is 11.5. The van der Waals surface area contributed by atoms with Gasteiger partial charge in [0.05, 0.1) is 16.8 Å². The largest absolute Gasteiger partial charge is 0.496 e. The molecule has 0 N–H and O–H groups in total. The topological polar surface area (TPSA) is 57.7 Å². The number of aromatic nitrogens is 1. The fourth-order valence-electron chi connectivity index (χ4n) is 2.23. The summed E-state index contributed by atoms with van der Waals surface area (Å²) >= 11 is 0. The van der Waals surface area contributed by atoms with E-state index in [0.717, 1.165) is 11.0 Å². The lowest BCUT2D eigenvalue weighted by Crippen LogP contribution is -2.41. The fraction of sp³-hybridized carbons (Fsp3) is 0.538. The van der Waals surface area contributed by atoms with Crippen molar-refractivity contribution < 1.29 is 18.8 Å². The molecular weight excluding hydrogens is 245 g/mol. The standard InChI is InChI=1S/C13H16BNO4/c1-12(2)13(3,4)19-14(18-12)10-6-15-5-8-9(10)7-17-11(8)16/h5-6H,7H2,1-4H3. The summed E-state index contributed by atoms with van der Waals surface area (Å²) in [5, 5.41) is 0. The Hall–Kier alpha value is -1.40. The van der Waals surface area contributed by atoms with Crippen molar-refractivity contribution in [1.29, 1.82) is 0 Å². The predicted octanol–water partition coefficient (Wildman–Crippen LogP) is 1.05. The number of rotatable bonds is 1. The monoisotopic (exact) mass is 261 g/mol. The molecule has 1 aromatic rings. The number of carbonyl (C=O) groups is 1. The van der Waals surface area contributed by atoms with E-state index in [1.54, 1.807) is 6.20 Å². The summed E-state index contributed by atoms with van der Waals surface area (Å²) in [6, 6.07) is 0. The zero-order chi connectivity index (χ0) is 13.8. The Morgan fingerprint density at radius 3 is 2.42 bits per heavy atom. The van der Waals surface area contributed by atoms with E-state index in [1.165, 1.54) is 6.20 Å². The van der Waals surface area contributed by atoms with Crippen molar-refractivity contribution in [2.24, 2.45) is 0 Å². The fourth-order valence-corrected chi connectivity index (χ4v) is 2.23. The molecular formula is C13H16BNO4. The number of nitrogens with zero attached hydrogens (tertiary/aromatic N) is 1. The van der Waals surface area contributed by atoms with E-state index in [4.69, 9.17) is 14.0 Å². The van der Waals surface area contributed by atoms with E-state index in [2.05, 4.69) is 4.98 Å². The summed E-state index contributed by atoms with van der Waals surface area (Å²) < 4.78 is 17.0. The van der Waals surface area contributed by atoms with Gasteiger partial charge in [-0.15, -0.1) is 0 Å². The molecule has 5 nitrogen and oxygen atoms in total. The molecule has 0 radical (unpaired) electrons. The van der Waals surface area contributed by atoms with Gasteiger partial charge >= 0.3 is 13.1 Å². The van der Waals surface area contributed by atoms with E-state index in [0.29, 0.717) is 5.56 Å². The number of ether oxygens (including phenoxy) is 1. The van der Waals surface area contributed by atoms with Gasteiger partial charge in [-0.1, -0.05) is 0 Å². The molecule has 1 aromatic heterocycles. The van der Waals surface area contributed by atoms with E-state index in [1.807, 2.05) is 27.7 Å². The van der Waals surface area contributed by atoms with E-state index in [9.17, 15) is 4.79 Å². The highest BCUT2D eigenvalue weighted by atomic mass is 16.7. The van der Waals surface area contributed by atoms with Gasteiger partial charge in [0.2, 0.25) is 0 Å². The molecule has 2 aliphatic heterocycles. The van der Waals surface area contributed by atoms with Gasteiger partial charge in [0, 0.05) is 23.4 Å². The zero-order valence-corrected chi connectivity index (χ0v) is 11.5. The molecule has 0 unspecified atom stereocenters. The molecule has 3 heterocycles. The number of cyclic esters (lactones) is 1. The van der Waals surface area contributed by atoms with Crippen molar-refractivity contribution in [3.63, 3.8) is 0 Å². The van der Waals surface area contributed by atoms with Crippen LogP contribution in [0, 0.1) is 0 Å². The smallest absolute Gasteiger partial charge is 0.457 e. The van der Waals surface area contributed by atoms with Crippen LogP contribution < -0.4 is 5.46 Å². The summed E-state index contributed by atoms with van der Waals surface area (Å²) in [7, 11) is -0.512. The summed E-state index contributed by atoms with van der Waals surface area (Å²) in [4.78, 5) is 15.6.